The third-order valence-electron chi connectivity index (χ3n) is 2.36. The van der Waals surface area contributed by atoms with Gasteiger partial charge in [0.15, 0.2) is 0 Å². The Hall–Kier alpha value is -1.46. The number of benzene rings is 1. The first-order chi connectivity index (χ1) is 7.31. The topological polar surface area (TPSA) is 21.3 Å². The van der Waals surface area contributed by atoms with E-state index in [2.05, 4.69) is 30.3 Å². The Labute approximate surface area is 91.6 Å². The predicted molar refractivity (Wildman–Crippen MR) is 62.9 cm³/mol. The van der Waals surface area contributed by atoms with Crippen LogP contribution < -0.4 is 10.1 Å². The second-order valence-corrected chi connectivity index (χ2v) is 3.31. The van der Waals surface area contributed by atoms with Crippen molar-refractivity contribution in [1.82, 2.24) is 5.32 Å². The first-order valence-electron chi connectivity index (χ1n) is 5.15. The average Bonchev–Trinajstić information content (AvgIpc) is 2.29. The first kappa shape index (κ1) is 11.6. The van der Waals surface area contributed by atoms with E-state index in [0.29, 0.717) is 12.6 Å². The number of ether oxygens (including phenoxy) is 1. The van der Waals surface area contributed by atoms with Gasteiger partial charge in [-0.2, -0.15) is 0 Å². The molecular formula is C13H17NO. The van der Waals surface area contributed by atoms with Crippen molar-refractivity contribution in [2.24, 2.45) is 0 Å². The van der Waals surface area contributed by atoms with Crippen LogP contribution in [0.3, 0.4) is 0 Å². The molecule has 2 nitrogen and oxygen atoms in total. The molecule has 1 atom stereocenters. The Morgan fingerprint density at radius 1 is 1.40 bits per heavy atom. The summed E-state index contributed by atoms with van der Waals surface area (Å²) >= 11 is 0. The second kappa shape index (κ2) is 6.10. The van der Waals surface area contributed by atoms with Crippen LogP contribution in [0.2, 0.25) is 0 Å². The van der Waals surface area contributed by atoms with E-state index < -0.39 is 0 Å². The van der Waals surface area contributed by atoms with Gasteiger partial charge in [0.2, 0.25) is 0 Å². The molecule has 1 aromatic rings. The van der Waals surface area contributed by atoms with Crippen LogP contribution in [0.15, 0.2) is 24.3 Å². The third-order valence-corrected chi connectivity index (χ3v) is 2.36. The van der Waals surface area contributed by atoms with Gasteiger partial charge in [-0.3, -0.25) is 0 Å². The van der Waals surface area contributed by atoms with E-state index in [-0.39, 0.29) is 0 Å². The fourth-order valence-electron chi connectivity index (χ4n) is 1.53. The Balaban J connectivity index is 2.67. The van der Waals surface area contributed by atoms with Crippen molar-refractivity contribution >= 4 is 0 Å². The van der Waals surface area contributed by atoms with Crippen LogP contribution in [0.25, 0.3) is 0 Å². The van der Waals surface area contributed by atoms with E-state index in [4.69, 9.17) is 11.2 Å². The number of rotatable bonds is 5. The summed E-state index contributed by atoms with van der Waals surface area (Å²) in [5, 5.41) is 3.26. The summed E-state index contributed by atoms with van der Waals surface area (Å²) in [7, 11) is 1.97. The molecule has 0 aliphatic rings. The Morgan fingerprint density at radius 3 is 2.53 bits per heavy atom. The highest BCUT2D eigenvalue weighted by Gasteiger charge is 2.05. The van der Waals surface area contributed by atoms with Gasteiger partial charge in [0.1, 0.15) is 12.4 Å². The Bertz CT molecular complexity index is 319. The lowest BCUT2D eigenvalue weighted by Gasteiger charge is -2.14. The molecule has 1 N–H and O–H groups in total. The highest BCUT2D eigenvalue weighted by molar-refractivity contribution is 5.29. The van der Waals surface area contributed by atoms with E-state index in [0.717, 1.165) is 12.2 Å². The van der Waals surface area contributed by atoms with Gasteiger partial charge in [-0.25, -0.2) is 0 Å². The molecule has 0 fully saturated rings. The van der Waals surface area contributed by atoms with Gasteiger partial charge in [0, 0.05) is 6.04 Å². The van der Waals surface area contributed by atoms with E-state index in [1.54, 1.807) is 0 Å². The van der Waals surface area contributed by atoms with Gasteiger partial charge in [-0.15, -0.1) is 6.42 Å². The first-order valence-corrected chi connectivity index (χ1v) is 5.15. The number of terminal acetylenes is 1. The predicted octanol–water partition coefficient (Wildman–Crippen LogP) is 2.37. The molecule has 0 saturated carbocycles. The van der Waals surface area contributed by atoms with Crippen LogP contribution in [0.5, 0.6) is 5.75 Å². The van der Waals surface area contributed by atoms with Crippen molar-refractivity contribution in [3.05, 3.63) is 29.8 Å². The quantitative estimate of drug-likeness (QED) is 0.742. The van der Waals surface area contributed by atoms with Crippen LogP contribution in [0, 0.1) is 12.3 Å². The molecule has 1 rings (SSSR count). The third kappa shape index (κ3) is 3.30. The average molecular weight is 203 g/mol. The van der Waals surface area contributed by atoms with Crippen LogP contribution in [0.4, 0.5) is 0 Å². The second-order valence-electron chi connectivity index (χ2n) is 3.31. The normalized spacial score (nSPS) is 11.8. The fourth-order valence-corrected chi connectivity index (χ4v) is 1.53. The van der Waals surface area contributed by atoms with Crippen LogP contribution >= 0.6 is 0 Å². The van der Waals surface area contributed by atoms with Gasteiger partial charge in [-0.1, -0.05) is 25.0 Å². The molecule has 0 aliphatic carbocycles. The Morgan fingerprint density at radius 2 is 2.07 bits per heavy atom. The molecule has 0 bridgehead atoms. The van der Waals surface area contributed by atoms with Gasteiger partial charge in [0.05, 0.1) is 0 Å². The molecule has 15 heavy (non-hydrogen) atoms. The zero-order chi connectivity index (χ0) is 11.1. The van der Waals surface area contributed by atoms with E-state index in [1.165, 1.54) is 5.56 Å². The molecule has 0 saturated heterocycles. The van der Waals surface area contributed by atoms with Gasteiger partial charge in [-0.05, 0) is 31.2 Å². The summed E-state index contributed by atoms with van der Waals surface area (Å²) in [4.78, 5) is 0. The minimum absolute atomic E-state index is 0.322. The lowest BCUT2D eigenvalue weighted by atomic mass is 10.1. The number of nitrogens with one attached hydrogen (secondary N) is 1. The molecule has 0 spiro atoms. The molecule has 1 unspecified atom stereocenters. The van der Waals surface area contributed by atoms with E-state index >= 15 is 0 Å². The lowest BCUT2D eigenvalue weighted by molar-refractivity contribution is 0.370. The Kier molecular flexibility index (Phi) is 4.73. The molecular weight excluding hydrogens is 186 g/mol. The summed E-state index contributed by atoms with van der Waals surface area (Å²) < 4.78 is 5.30. The highest BCUT2D eigenvalue weighted by Crippen LogP contribution is 2.19. The maximum Gasteiger partial charge on any atom is 0.148 e. The fraction of sp³-hybridized carbons (Fsp3) is 0.385. The van der Waals surface area contributed by atoms with E-state index in [1.807, 2.05) is 19.2 Å². The molecule has 0 amide bonds. The summed E-state index contributed by atoms with van der Waals surface area (Å²) in [6.45, 7) is 2.48. The molecule has 2 heteroatoms. The van der Waals surface area contributed by atoms with Gasteiger partial charge >= 0.3 is 0 Å². The zero-order valence-corrected chi connectivity index (χ0v) is 9.29. The van der Waals surface area contributed by atoms with Crippen molar-refractivity contribution in [3.63, 3.8) is 0 Å². The van der Waals surface area contributed by atoms with Crippen molar-refractivity contribution in [1.29, 1.82) is 0 Å². The van der Waals surface area contributed by atoms with Crippen LogP contribution in [0.1, 0.15) is 24.9 Å². The number of hydrogen-bond acceptors (Lipinski definition) is 2. The smallest absolute Gasteiger partial charge is 0.148 e. The molecule has 80 valence electrons. The molecule has 0 radical (unpaired) electrons. The molecule has 0 aromatic heterocycles. The van der Waals surface area contributed by atoms with Crippen molar-refractivity contribution in [2.75, 3.05) is 13.7 Å². The zero-order valence-electron chi connectivity index (χ0n) is 9.29. The van der Waals surface area contributed by atoms with Crippen molar-refractivity contribution in [2.45, 2.75) is 19.4 Å². The van der Waals surface area contributed by atoms with E-state index in [9.17, 15) is 0 Å². The number of hydrogen-bond donors (Lipinski definition) is 1. The highest BCUT2D eigenvalue weighted by atomic mass is 16.5. The molecule has 1 aromatic carbocycles. The van der Waals surface area contributed by atoms with Gasteiger partial charge < -0.3 is 10.1 Å². The van der Waals surface area contributed by atoms with Crippen LogP contribution in [-0.2, 0) is 0 Å². The lowest BCUT2D eigenvalue weighted by Crippen LogP contribution is -2.14. The summed E-state index contributed by atoms with van der Waals surface area (Å²) in [5.41, 5.74) is 1.27. The maximum absolute atomic E-state index is 5.30. The summed E-state index contributed by atoms with van der Waals surface area (Å²) in [6.07, 6.45) is 6.18. The summed E-state index contributed by atoms with van der Waals surface area (Å²) in [6, 6.07) is 8.44. The van der Waals surface area contributed by atoms with Crippen molar-refractivity contribution < 1.29 is 4.74 Å². The van der Waals surface area contributed by atoms with Crippen molar-refractivity contribution in [3.8, 4) is 18.1 Å². The SMILES string of the molecule is C#CCOc1ccc(C(CC)NC)cc1. The maximum atomic E-state index is 5.30. The van der Waals surface area contributed by atoms with Crippen LogP contribution in [-0.4, -0.2) is 13.7 Å². The molecule has 0 heterocycles. The summed E-state index contributed by atoms with van der Waals surface area (Å²) in [5.74, 6) is 3.26. The van der Waals surface area contributed by atoms with Gasteiger partial charge in [0.25, 0.3) is 0 Å². The largest absolute Gasteiger partial charge is 0.481 e. The monoisotopic (exact) mass is 203 g/mol. The minimum atomic E-state index is 0.322. The minimum Gasteiger partial charge on any atom is -0.481 e. The molecule has 0 aliphatic heterocycles. The standard InChI is InChI=1S/C13H17NO/c1-4-10-15-12-8-6-11(7-9-12)13(5-2)14-3/h1,6-9,13-14H,5,10H2,2-3H3.